The van der Waals surface area contributed by atoms with Gasteiger partial charge >= 0.3 is 0 Å². The Morgan fingerprint density at radius 2 is 2.20 bits per heavy atom. The quantitative estimate of drug-likeness (QED) is 0.613. The van der Waals surface area contributed by atoms with Crippen LogP contribution in [0, 0.1) is 0 Å². The van der Waals surface area contributed by atoms with E-state index in [4.69, 9.17) is 12.2 Å². The molecule has 1 unspecified atom stereocenters. The van der Waals surface area contributed by atoms with Crippen molar-refractivity contribution < 1.29 is 4.21 Å². The van der Waals surface area contributed by atoms with Gasteiger partial charge in [0.1, 0.15) is 4.32 Å². The maximum Gasteiger partial charge on any atom is 0.136 e. The van der Waals surface area contributed by atoms with Crippen molar-refractivity contribution in [2.24, 2.45) is 0 Å². The van der Waals surface area contributed by atoms with E-state index >= 15 is 0 Å². The van der Waals surface area contributed by atoms with Crippen LogP contribution in [0.4, 0.5) is 0 Å². The molecule has 2 nitrogen and oxygen atoms in total. The number of thioether (sulfide) groups is 1. The molecule has 1 atom stereocenters. The standard InChI is InChI=1S/C5H11NOS3/c1-6(2)5(8)9-4-10(3)7/h4H2,1-3H3. The second-order valence-corrected chi connectivity index (χ2v) is 5.41. The van der Waals surface area contributed by atoms with E-state index in [-0.39, 0.29) is 0 Å². The molecule has 60 valence electrons. The van der Waals surface area contributed by atoms with Crippen molar-refractivity contribution in [2.75, 3.05) is 25.4 Å². The van der Waals surface area contributed by atoms with E-state index < -0.39 is 10.8 Å². The molecule has 0 heterocycles. The van der Waals surface area contributed by atoms with Crippen LogP contribution in [0.25, 0.3) is 0 Å². The van der Waals surface area contributed by atoms with Gasteiger partial charge in [0.05, 0.1) is 5.08 Å². The Morgan fingerprint density at radius 1 is 1.70 bits per heavy atom. The van der Waals surface area contributed by atoms with Gasteiger partial charge in [0.2, 0.25) is 0 Å². The fraction of sp³-hybridized carbons (Fsp3) is 0.800. The van der Waals surface area contributed by atoms with Gasteiger partial charge in [-0.25, -0.2) is 0 Å². The van der Waals surface area contributed by atoms with Crippen molar-refractivity contribution in [3.8, 4) is 0 Å². The fourth-order valence-electron chi connectivity index (χ4n) is 0.262. The summed E-state index contributed by atoms with van der Waals surface area (Å²) in [5, 5.41) is 0.594. The Bertz CT molecular complexity index is 146. The number of nitrogens with zero attached hydrogens (tertiary/aromatic N) is 1. The van der Waals surface area contributed by atoms with Gasteiger partial charge in [-0.1, -0.05) is 24.0 Å². The van der Waals surface area contributed by atoms with Gasteiger partial charge in [0.15, 0.2) is 0 Å². The first-order valence-electron chi connectivity index (χ1n) is 2.68. The molecule has 0 bridgehead atoms. The smallest absolute Gasteiger partial charge is 0.136 e. The summed E-state index contributed by atoms with van der Waals surface area (Å²) in [6.07, 6.45) is 1.67. The lowest BCUT2D eigenvalue weighted by atomic mass is 11.0. The summed E-state index contributed by atoms with van der Waals surface area (Å²) in [7, 11) is 3.01. The van der Waals surface area contributed by atoms with Crippen LogP contribution in [-0.4, -0.2) is 38.9 Å². The minimum Gasteiger partial charge on any atom is -0.364 e. The molecule has 0 aromatic carbocycles. The SMILES string of the molecule is CN(C)C(=S)SCS(C)=O. The third-order valence-electron chi connectivity index (χ3n) is 0.714. The van der Waals surface area contributed by atoms with Gasteiger partial charge in [-0.15, -0.1) is 0 Å². The maximum absolute atomic E-state index is 10.6. The first-order chi connectivity index (χ1) is 4.54. The van der Waals surface area contributed by atoms with E-state index in [1.807, 2.05) is 19.0 Å². The Labute approximate surface area is 73.8 Å². The van der Waals surface area contributed by atoms with E-state index in [2.05, 4.69) is 0 Å². The lowest BCUT2D eigenvalue weighted by molar-refractivity contribution is 0.648. The third kappa shape index (κ3) is 5.20. The van der Waals surface area contributed by atoms with Gasteiger partial charge in [-0.3, -0.25) is 4.21 Å². The van der Waals surface area contributed by atoms with Crippen molar-refractivity contribution in [1.29, 1.82) is 0 Å². The molecule has 0 aliphatic carbocycles. The number of rotatable bonds is 2. The highest BCUT2D eigenvalue weighted by Gasteiger charge is 1.99. The number of hydrogen-bond acceptors (Lipinski definition) is 3. The largest absolute Gasteiger partial charge is 0.364 e. The van der Waals surface area contributed by atoms with Crippen molar-refractivity contribution in [3.05, 3.63) is 0 Å². The van der Waals surface area contributed by atoms with E-state index in [0.717, 1.165) is 4.32 Å². The predicted molar refractivity (Wildman–Crippen MR) is 52.8 cm³/mol. The maximum atomic E-state index is 10.6. The van der Waals surface area contributed by atoms with E-state index in [9.17, 15) is 4.21 Å². The topological polar surface area (TPSA) is 20.3 Å². The van der Waals surface area contributed by atoms with E-state index in [1.54, 1.807) is 6.26 Å². The normalized spacial score (nSPS) is 12.7. The van der Waals surface area contributed by atoms with Crippen LogP contribution in [-0.2, 0) is 10.8 Å². The molecule has 0 aromatic heterocycles. The van der Waals surface area contributed by atoms with Crippen LogP contribution in [0.3, 0.4) is 0 Å². The van der Waals surface area contributed by atoms with Crippen LogP contribution in [0.5, 0.6) is 0 Å². The number of hydrogen-bond donors (Lipinski definition) is 0. The van der Waals surface area contributed by atoms with Crippen LogP contribution < -0.4 is 0 Å². The summed E-state index contributed by atoms with van der Waals surface area (Å²) in [6, 6.07) is 0. The van der Waals surface area contributed by atoms with Crippen LogP contribution in [0.15, 0.2) is 0 Å². The van der Waals surface area contributed by atoms with Crippen LogP contribution in [0.1, 0.15) is 0 Å². The van der Waals surface area contributed by atoms with Gasteiger partial charge in [-0.2, -0.15) is 0 Å². The molecule has 0 aromatic rings. The minimum absolute atomic E-state index is 0.594. The highest BCUT2D eigenvalue weighted by atomic mass is 32.2. The van der Waals surface area contributed by atoms with Crippen LogP contribution >= 0.6 is 24.0 Å². The summed E-state index contributed by atoms with van der Waals surface area (Å²) in [5.41, 5.74) is 0. The Hall–Kier alpha value is 0.390. The molecular formula is C5H11NOS3. The zero-order valence-corrected chi connectivity index (χ0v) is 8.74. The molecule has 0 aliphatic heterocycles. The number of thiocarbonyl (C=S) groups is 1. The second kappa shape index (κ2) is 5.09. The summed E-state index contributed by atoms with van der Waals surface area (Å²) >= 11 is 6.40. The predicted octanol–water partition coefficient (Wildman–Crippen LogP) is 0.902. The molecule has 5 heteroatoms. The van der Waals surface area contributed by atoms with Crippen LogP contribution in [0.2, 0.25) is 0 Å². The van der Waals surface area contributed by atoms with Gasteiger partial charge < -0.3 is 4.90 Å². The summed E-state index contributed by atoms with van der Waals surface area (Å²) in [4.78, 5) is 1.84. The van der Waals surface area contributed by atoms with Crippen molar-refractivity contribution >= 4 is 39.1 Å². The molecule has 0 saturated heterocycles. The zero-order valence-electron chi connectivity index (χ0n) is 6.29. The minimum atomic E-state index is -0.754. The molecule has 0 saturated carbocycles. The fourth-order valence-corrected chi connectivity index (χ4v) is 2.02. The molecule has 10 heavy (non-hydrogen) atoms. The van der Waals surface area contributed by atoms with Crippen molar-refractivity contribution in [2.45, 2.75) is 0 Å². The average Bonchev–Trinajstić information content (AvgIpc) is 1.82. The van der Waals surface area contributed by atoms with Crippen molar-refractivity contribution in [3.63, 3.8) is 0 Å². The summed E-state index contributed by atoms with van der Waals surface area (Å²) < 4.78 is 11.4. The molecular weight excluding hydrogens is 186 g/mol. The molecule has 0 fully saturated rings. The second-order valence-electron chi connectivity index (χ2n) is 2.00. The first-order valence-corrected chi connectivity index (χ1v) is 5.80. The lowest BCUT2D eigenvalue weighted by Gasteiger charge is -2.11. The summed E-state index contributed by atoms with van der Waals surface area (Å²) in [5.74, 6) is 0. The van der Waals surface area contributed by atoms with E-state index in [1.165, 1.54) is 11.8 Å². The Morgan fingerprint density at radius 3 is 2.50 bits per heavy atom. The zero-order chi connectivity index (χ0) is 8.15. The summed E-state index contributed by atoms with van der Waals surface area (Å²) in [6.45, 7) is 0. The molecule has 0 radical (unpaired) electrons. The van der Waals surface area contributed by atoms with Gasteiger partial charge in [0, 0.05) is 31.2 Å². The van der Waals surface area contributed by atoms with Gasteiger partial charge in [0.25, 0.3) is 0 Å². The molecule has 0 amide bonds. The highest BCUT2D eigenvalue weighted by Crippen LogP contribution is 2.06. The Kier molecular flexibility index (Phi) is 5.29. The monoisotopic (exact) mass is 197 g/mol. The lowest BCUT2D eigenvalue weighted by Crippen LogP contribution is -2.16. The first kappa shape index (κ1) is 10.4. The highest BCUT2D eigenvalue weighted by molar-refractivity contribution is 8.27. The third-order valence-corrected chi connectivity index (χ3v) is 3.84. The molecule has 0 rings (SSSR count). The average molecular weight is 197 g/mol. The van der Waals surface area contributed by atoms with Gasteiger partial charge in [-0.05, 0) is 0 Å². The van der Waals surface area contributed by atoms with Crippen molar-refractivity contribution in [1.82, 2.24) is 4.90 Å². The molecule has 0 spiro atoms. The van der Waals surface area contributed by atoms with E-state index in [0.29, 0.717) is 5.08 Å². The Balaban J connectivity index is 3.50. The molecule has 0 aliphatic rings. The molecule has 0 N–H and O–H groups in total.